The van der Waals surface area contributed by atoms with Gasteiger partial charge in [0.15, 0.2) is 0 Å². The van der Waals surface area contributed by atoms with E-state index in [4.69, 9.17) is 0 Å². The fourth-order valence-electron chi connectivity index (χ4n) is 2.68. The van der Waals surface area contributed by atoms with Crippen LogP contribution in [0.15, 0.2) is 0 Å². The van der Waals surface area contributed by atoms with Gasteiger partial charge in [-0.25, -0.2) is 0 Å². The summed E-state index contributed by atoms with van der Waals surface area (Å²) in [5, 5.41) is 3.47. The maximum atomic E-state index is 12.4. The van der Waals surface area contributed by atoms with Crippen LogP contribution in [0.1, 0.15) is 53.9 Å². The Balaban J connectivity index is 2.40. The molecule has 4 nitrogen and oxygen atoms in total. The number of amides is 1. The van der Waals surface area contributed by atoms with Crippen molar-refractivity contribution in [2.24, 2.45) is 5.92 Å². The zero-order valence-corrected chi connectivity index (χ0v) is 14.1. The highest BCUT2D eigenvalue weighted by molar-refractivity contribution is 5.84. The Hall–Kier alpha value is -0.610. The molecule has 1 saturated heterocycles. The van der Waals surface area contributed by atoms with Crippen molar-refractivity contribution < 1.29 is 4.79 Å². The maximum Gasteiger partial charge on any atom is 0.241 e. The van der Waals surface area contributed by atoms with Crippen molar-refractivity contribution in [1.82, 2.24) is 15.1 Å². The predicted molar refractivity (Wildman–Crippen MR) is 84.6 cm³/mol. The SMILES string of the molecule is CCC1NC(C(C)C)C(=O)N1CCCCN(C)C(C)C. The number of carbonyl (C=O) groups is 1. The summed E-state index contributed by atoms with van der Waals surface area (Å²) in [6.45, 7) is 12.8. The summed E-state index contributed by atoms with van der Waals surface area (Å²) in [6, 6.07) is 0.608. The zero-order chi connectivity index (χ0) is 15.3. The molecule has 118 valence electrons. The molecular formula is C16H33N3O. The van der Waals surface area contributed by atoms with Crippen LogP contribution < -0.4 is 5.32 Å². The Morgan fingerprint density at radius 1 is 1.25 bits per heavy atom. The smallest absolute Gasteiger partial charge is 0.241 e. The van der Waals surface area contributed by atoms with Gasteiger partial charge >= 0.3 is 0 Å². The van der Waals surface area contributed by atoms with Gasteiger partial charge in [-0.05, 0) is 52.6 Å². The molecule has 0 aromatic carbocycles. The maximum absolute atomic E-state index is 12.4. The first-order chi connectivity index (χ1) is 9.38. The van der Waals surface area contributed by atoms with E-state index in [0.717, 1.165) is 32.4 Å². The molecule has 1 amide bonds. The van der Waals surface area contributed by atoms with E-state index in [2.05, 4.69) is 56.8 Å². The van der Waals surface area contributed by atoms with Crippen LogP contribution in [0, 0.1) is 5.92 Å². The normalized spacial score (nSPS) is 23.6. The summed E-state index contributed by atoms with van der Waals surface area (Å²) in [5.41, 5.74) is 0. The van der Waals surface area contributed by atoms with E-state index in [1.807, 2.05) is 0 Å². The molecule has 0 saturated carbocycles. The molecule has 0 aromatic heterocycles. The fraction of sp³-hybridized carbons (Fsp3) is 0.938. The summed E-state index contributed by atoms with van der Waals surface area (Å²) in [6.07, 6.45) is 3.46. The average molecular weight is 283 g/mol. The van der Waals surface area contributed by atoms with E-state index in [1.54, 1.807) is 0 Å². The third-order valence-corrected chi connectivity index (χ3v) is 4.39. The van der Waals surface area contributed by atoms with Crippen LogP contribution in [-0.4, -0.2) is 54.1 Å². The molecule has 2 atom stereocenters. The Labute approximate surface area is 124 Å². The van der Waals surface area contributed by atoms with Crippen LogP contribution >= 0.6 is 0 Å². The van der Waals surface area contributed by atoms with E-state index in [1.165, 1.54) is 0 Å². The van der Waals surface area contributed by atoms with Crippen molar-refractivity contribution in [2.75, 3.05) is 20.1 Å². The minimum atomic E-state index is 0.0123. The highest BCUT2D eigenvalue weighted by Gasteiger charge is 2.38. The van der Waals surface area contributed by atoms with Crippen LogP contribution in [0.5, 0.6) is 0 Å². The van der Waals surface area contributed by atoms with Gasteiger partial charge in [0.05, 0.1) is 12.2 Å². The number of hydrogen-bond acceptors (Lipinski definition) is 3. The molecule has 1 N–H and O–H groups in total. The molecule has 2 unspecified atom stereocenters. The summed E-state index contributed by atoms with van der Waals surface area (Å²) in [4.78, 5) is 16.8. The first-order valence-corrected chi connectivity index (χ1v) is 8.15. The summed E-state index contributed by atoms with van der Waals surface area (Å²) in [7, 11) is 2.16. The molecule has 0 aromatic rings. The molecule has 0 aliphatic carbocycles. The summed E-state index contributed by atoms with van der Waals surface area (Å²) >= 11 is 0. The number of rotatable bonds is 8. The number of unbranched alkanes of at least 4 members (excludes halogenated alkanes) is 1. The van der Waals surface area contributed by atoms with Crippen molar-refractivity contribution in [3.05, 3.63) is 0 Å². The topological polar surface area (TPSA) is 35.6 Å². The van der Waals surface area contributed by atoms with E-state index in [0.29, 0.717) is 17.9 Å². The molecule has 0 spiro atoms. The van der Waals surface area contributed by atoms with E-state index < -0.39 is 0 Å². The van der Waals surface area contributed by atoms with Crippen LogP contribution in [0.4, 0.5) is 0 Å². The molecule has 0 radical (unpaired) electrons. The zero-order valence-electron chi connectivity index (χ0n) is 14.1. The molecule has 1 heterocycles. The minimum absolute atomic E-state index is 0.0123. The highest BCUT2D eigenvalue weighted by Crippen LogP contribution is 2.19. The second-order valence-corrected chi connectivity index (χ2v) is 6.63. The minimum Gasteiger partial charge on any atom is -0.326 e. The lowest BCUT2D eigenvalue weighted by molar-refractivity contribution is -0.130. The lowest BCUT2D eigenvalue weighted by Gasteiger charge is -2.24. The molecule has 1 fully saturated rings. The van der Waals surface area contributed by atoms with Crippen molar-refractivity contribution in [1.29, 1.82) is 0 Å². The third kappa shape index (κ3) is 4.45. The average Bonchev–Trinajstić information content (AvgIpc) is 2.71. The molecule has 4 heteroatoms. The van der Waals surface area contributed by atoms with Crippen LogP contribution in [-0.2, 0) is 4.79 Å². The number of nitrogens with one attached hydrogen (secondary N) is 1. The molecule has 1 aliphatic heterocycles. The molecular weight excluding hydrogens is 250 g/mol. The van der Waals surface area contributed by atoms with Gasteiger partial charge in [-0.15, -0.1) is 0 Å². The fourth-order valence-corrected chi connectivity index (χ4v) is 2.68. The Kier molecular flexibility index (Phi) is 6.96. The molecule has 0 bridgehead atoms. The second kappa shape index (κ2) is 7.99. The first-order valence-electron chi connectivity index (χ1n) is 8.15. The Bertz CT molecular complexity index is 304. The van der Waals surface area contributed by atoms with Crippen molar-refractivity contribution >= 4 is 5.91 Å². The van der Waals surface area contributed by atoms with Crippen LogP contribution in [0.25, 0.3) is 0 Å². The Morgan fingerprint density at radius 3 is 2.40 bits per heavy atom. The van der Waals surface area contributed by atoms with Crippen LogP contribution in [0.2, 0.25) is 0 Å². The molecule has 1 rings (SSSR count). The third-order valence-electron chi connectivity index (χ3n) is 4.39. The quantitative estimate of drug-likeness (QED) is 0.694. The second-order valence-electron chi connectivity index (χ2n) is 6.63. The van der Waals surface area contributed by atoms with Gasteiger partial charge in [0.25, 0.3) is 0 Å². The highest BCUT2D eigenvalue weighted by atomic mass is 16.2. The van der Waals surface area contributed by atoms with E-state index in [9.17, 15) is 4.79 Å². The summed E-state index contributed by atoms with van der Waals surface area (Å²) < 4.78 is 0. The van der Waals surface area contributed by atoms with Crippen molar-refractivity contribution in [3.63, 3.8) is 0 Å². The molecule has 1 aliphatic rings. The number of hydrogen-bond donors (Lipinski definition) is 1. The first kappa shape index (κ1) is 17.4. The Morgan fingerprint density at radius 2 is 1.90 bits per heavy atom. The van der Waals surface area contributed by atoms with Gasteiger partial charge in [0.2, 0.25) is 5.91 Å². The summed E-state index contributed by atoms with van der Waals surface area (Å²) in [5.74, 6) is 0.665. The number of carbonyl (C=O) groups excluding carboxylic acids is 1. The standard InChI is InChI=1S/C16H33N3O/c1-7-14-17-15(12(2)3)16(20)19(14)11-9-8-10-18(6)13(4)5/h12-15,17H,7-11H2,1-6H3. The number of nitrogens with zero attached hydrogens (tertiary/aromatic N) is 2. The van der Waals surface area contributed by atoms with Gasteiger partial charge in [0, 0.05) is 12.6 Å². The van der Waals surface area contributed by atoms with Gasteiger partial charge in [-0.2, -0.15) is 0 Å². The van der Waals surface area contributed by atoms with E-state index >= 15 is 0 Å². The van der Waals surface area contributed by atoms with Crippen LogP contribution in [0.3, 0.4) is 0 Å². The van der Waals surface area contributed by atoms with Gasteiger partial charge < -0.3 is 9.80 Å². The monoisotopic (exact) mass is 283 g/mol. The van der Waals surface area contributed by atoms with Gasteiger partial charge in [-0.3, -0.25) is 10.1 Å². The lowest BCUT2D eigenvalue weighted by Crippen LogP contribution is -2.37. The lowest BCUT2D eigenvalue weighted by atomic mass is 10.1. The van der Waals surface area contributed by atoms with E-state index in [-0.39, 0.29) is 12.2 Å². The van der Waals surface area contributed by atoms with Crippen molar-refractivity contribution in [3.8, 4) is 0 Å². The van der Waals surface area contributed by atoms with Gasteiger partial charge in [-0.1, -0.05) is 20.8 Å². The van der Waals surface area contributed by atoms with Gasteiger partial charge in [0.1, 0.15) is 0 Å². The predicted octanol–water partition coefficient (Wildman–Crippen LogP) is 2.30. The van der Waals surface area contributed by atoms with Crippen molar-refractivity contribution in [2.45, 2.75) is 72.1 Å². The largest absolute Gasteiger partial charge is 0.326 e. The molecule has 20 heavy (non-hydrogen) atoms.